The van der Waals surface area contributed by atoms with Crippen molar-refractivity contribution in [2.24, 2.45) is 0 Å². The van der Waals surface area contributed by atoms with E-state index in [9.17, 15) is 14.4 Å². The Bertz CT molecular complexity index is 1200. The van der Waals surface area contributed by atoms with Gasteiger partial charge in [-0.2, -0.15) is 0 Å². The van der Waals surface area contributed by atoms with Gasteiger partial charge in [0.1, 0.15) is 5.82 Å². The van der Waals surface area contributed by atoms with Crippen molar-refractivity contribution in [3.63, 3.8) is 0 Å². The van der Waals surface area contributed by atoms with Crippen molar-refractivity contribution in [2.75, 3.05) is 36.4 Å². The summed E-state index contributed by atoms with van der Waals surface area (Å²) in [7, 11) is 0. The molecule has 0 bridgehead atoms. The highest BCUT2D eigenvalue weighted by molar-refractivity contribution is 7.16. The zero-order chi connectivity index (χ0) is 24.8. The molecule has 0 aliphatic carbocycles. The van der Waals surface area contributed by atoms with Crippen molar-refractivity contribution in [3.8, 4) is 0 Å². The summed E-state index contributed by atoms with van der Waals surface area (Å²) in [4.78, 5) is 47.0. The highest BCUT2D eigenvalue weighted by atomic mass is 32.1. The van der Waals surface area contributed by atoms with Crippen LogP contribution < -0.4 is 16.8 Å². The minimum Gasteiger partial charge on any atom is -0.396 e. The number of pyridine rings is 1. The van der Waals surface area contributed by atoms with Crippen molar-refractivity contribution in [1.29, 1.82) is 5.41 Å². The first-order chi connectivity index (χ1) is 16.2. The number of benzene rings is 1. The lowest BCUT2D eigenvalue weighted by Gasteiger charge is -2.39. The summed E-state index contributed by atoms with van der Waals surface area (Å²) in [5.41, 5.74) is 14.8. The molecule has 178 valence electrons. The number of aromatic nitrogens is 2. The van der Waals surface area contributed by atoms with Gasteiger partial charge in [0.2, 0.25) is 5.91 Å². The quantitative estimate of drug-likeness (QED) is 0.317. The van der Waals surface area contributed by atoms with Crippen LogP contribution in [0.25, 0.3) is 10.2 Å². The normalized spacial score (nSPS) is 15.3. The summed E-state index contributed by atoms with van der Waals surface area (Å²) < 4.78 is 1.26. The van der Waals surface area contributed by atoms with Crippen LogP contribution in [0.1, 0.15) is 19.4 Å². The fraction of sp³-hybridized carbons (Fsp3) is 0.273. The number of anilines is 3. The van der Waals surface area contributed by atoms with Gasteiger partial charge in [0.05, 0.1) is 38.9 Å². The molecule has 0 saturated carbocycles. The van der Waals surface area contributed by atoms with E-state index < -0.39 is 11.8 Å². The van der Waals surface area contributed by atoms with Crippen molar-refractivity contribution in [3.05, 3.63) is 41.5 Å². The molecule has 6 N–H and O–H groups in total. The molecule has 1 atom stereocenters. The van der Waals surface area contributed by atoms with E-state index in [0.29, 0.717) is 6.54 Å². The summed E-state index contributed by atoms with van der Waals surface area (Å²) in [5, 5.41) is 9.68. The second kappa shape index (κ2) is 10.7. The number of hydrogen-bond acceptors (Lipinski definition) is 9. The molecule has 4 rings (SSSR count). The van der Waals surface area contributed by atoms with E-state index in [1.54, 1.807) is 16.2 Å². The number of thiazole rings is 1. The molecule has 12 heteroatoms. The van der Waals surface area contributed by atoms with Gasteiger partial charge in [-0.1, -0.05) is 12.1 Å². The number of rotatable bonds is 2. The van der Waals surface area contributed by atoms with Gasteiger partial charge in [-0.15, -0.1) is 11.3 Å². The van der Waals surface area contributed by atoms with E-state index in [2.05, 4.69) is 21.4 Å². The first kappa shape index (κ1) is 24.6. The van der Waals surface area contributed by atoms with E-state index in [1.165, 1.54) is 22.7 Å². The minimum absolute atomic E-state index is 0.0611. The van der Waals surface area contributed by atoms with Crippen LogP contribution in [0.15, 0.2) is 36.0 Å². The third-order valence-electron chi connectivity index (χ3n) is 5.33. The molecule has 1 saturated heterocycles. The SMILES string of the molecule is CC(=O)N1CCN(C(=O)C(=O)Nc2cnc(N)c(C=N)c2N)CC1C.c1ccc2scnc2c1. The number of hydrogen-bond donors (Lipinski definition) is 4. The maximum absolute atomic E-state index is 12.3. The summed E-state index contributed by atoms with van der Waals surface area (Å²) >= 11 is 1.68. The number of nitrogen functional groups attached to an aromatic ring is 2. The highest BCUT2D eigenvalue weighted by Crippen LogP contribution is 2.24. The second-order valence-electron chi connectivity index (χ2n) is 7.62. The molecule has 2 aromatic heterocycles. The Morgan fingerprint density at radius 1 is 1.21 bits per heavy atom. The van der Waals surface area contributed by atoms with Crippen LogP contribution in [0.3, 0.4) is 0 Å². The largest absolute Gasteiger partial charge is 0.396 e. The first-order valence-corrected chi connectivity index (χ1v) is 11.3. The van der Waals surface area contributed by atoms with Crippen LogP contribution in [-0.2, 0) is 14.4 Å². The van der Waals surface area contributed by atoms with Crippen LogP contribution in [0.4, 0.5) is 17.2 Å². The summed E-state index contributed by atoms with van der Waals surface area (Å²) in [6.45, 7) is 4.21. The monoisotopic (exact) mass is 482 g/mol. The zero-order valence-electron chi connectivity index (χ0n) is 18.8. The van der Waals surface area contributed by atoms with Crippen LogP contribution in [-0.4, -0.2) is 69.4 Å². The third kappa shape index (κ3) is 5.46. The molecular formula is C22H26N8O3S. The molecule has 1 unspecified atom stereocenters. The molecule has 1 aliphatic heterocycles. The third-order valence-corrected chi connectivity index (χ3v) is 6.14. The molecule has 1 fully saturated rings. The lowest BCUT2D eigenvalue weighted by Crippen LogP contribution is -2.56. The van der Waals surface area contributed by atoms with Gasteiger partial charge >= 0.3 is 11.8 Å². The molecule has 1 aromatic carbocycles. The molecule has 1 aliphatic rings. The van der Waals surface area contributed by atoms with Crippen LogP contribution in [0.2, 0.25) is 0 Å². The number of piperazine rings is 1. The minimum atomic E-state index is -0.863. The average Bonchev–Trinajstić information content (AvgIpc) is 3.30. The zero-order valence-corrected chi connectivity index (χ0v) is 19.6. The number of carbonyl (C=O) groups is 3. The smallest absolute Gasteiger partial charge is 0.314 e. The van der Waals surface area contributed by atoms with Gasteiger partial charge in [-0.25, -0.2) is 9.97 Å². The molecule has 3 amide bonds. The van der Waals surface area contributed by atoms with Gasteiger partial charge in [0.15, 0.2) is 0 Å². The highest BCUT2D eigenvalue weighted by Gasteiger charge is 2.31. The topological polar surface area (TPSA) is 171 Å². The van der Waals surface area contributed by atoms with E-state index in [1.807, 2.05) is 30.6 Å². The number of para-hydroxylation sites is 1. The molecule has 3 aromatic rings. The van der Waals surface area contributed by atoms with E-state index in [-0.39, 0.29) is 47.8 Å². The van der Waals surface area contributed by atoms with Gasteiger partial charge < -0.3 is 32.0 Å². The fourth-order valence-electron chi connectivity index (χ4n) is 3.54. The summed E-state index contributed by atoms with van der Waals surface area (Å²) in [6.07, 6.45) is 2.16. The van der Waals surface area contributed by atoms with E-state index in [4.69, 9.17) is 16.9 Å². The maximum Gasteiger partial charge on any atom is 0.314 e. The Morgan fingerprint density at radius 2 is 1.94 bits per heavy atom. The number of amides is 3. The fourth-order valence-corrected chi connectivity index (χ4v) is 4.22. The second-order valence-corrected chi connectivity index (χ2v) is 8.50. The number of nitrogens with zero attached hydrogens (tertiary/aromatic N) is 4. The molecule has 11 nitrogen and oxygen atoms in total. The van der Waals surface area contributed by atoms with Crippen LogP contribution in [0.5, 0.6) is 0 Å². The van der Waals surface area contributed by atoms with Gasteiger partial charge in [0, 0.05) is 38.8 Å². The molecule has 0 spiro atoms. The maximum atomic E-state index is 12.3. The number of nitrogens with two attached hydrogens (primary N) is 2. The van der Waals surface area contributed by atoms with Crippen molar-refractivity contribution >= 4 is 62.7 Å². The van der Waals surface area contributed by atoms with Crippen molar-refractivity contribution in [2.45, 2.75) is 19.9 Å². The summed E-state index contributed by atoms with van der Waals surface area (Å²) in [5.74, 6) is -1.59. The number of carbonyl (C=O) groups excluding carboxylic acids is 3. The molecule has 0 radical (unpaired) electrons. The molecule has 34 heavy (non-hydrogen) atoms. The number of nitrogens with one attached hydrogen (secondary N) is 2. The Kier molecular flexibility index (Phi) is 7.74. The van der Waals surface area contributed by atoms with Gasteiger partial charge in [0.25, 0.3) is 0 Å². The van der Waals surface area contributed by atoms with Crippen LogP contribution in [0, 0.1) is 5.41 Å². The van der Waals surface area contributed by atoms with Gasteiger partial charge in [-0.05, 0) is 19.1 Å². The predicted octanol–water partition coefficient (Wildman–Crippen LogP) is 1.56. The van der Waals surface area contributed by atoms with Gasteiger partial charge in [-0.3, -0.25) is 14.4 Å². The Balaban J connectivity index is 0.000000296. The summed E-state index contributed by atoms with van der Waals surface area (Å²) in [6, 6.07) is 7.96. The lowest BCUT2D eigenvalue weighted by molar-refractivity contribution is -0.147. The first-order valence-electron chi connectivity index (χ1n) is 10.4. The standard InChI is InChI=1S/C15H21N7O3.C7H5NS/c1-8-7-21(3-4-22(8)9(2)23)15(25)14(24)20-11-6-19-13(18)10(5-16)12(11)17;1-2-4-7-6(3-1)8-5-9-7/h5-6,8,16H,3-4,7H2,1-2H3,(H,20,24)(H4,17,18,19);1-5H. The Morgan fingerprint density at radius 3 is 2.59 bits per heavy atom. The predicted molar refractivity (Wildman–Crippen MR) is 133 cm³/mol. The van der Waals surface area contributed by atoms with E-state index >= 15 is 0 Å². The van der Waals surface area contributed by atoms with Crippen LogP contribution >= 0.6 is 11.3 Å². The molecule has 3 heterocycles. The van der Waals surface area contributed by atoms with Crippen molar-refractivity contribution < 1.29 is 14.4 Å². The number of fused-ring (bicyclic) bond motifs is 1. The average molecular weight is 483 g/mol. The molecular weight excluding hydrogens is 456 g/mol. The Hall–Kier alpha value is -4.06. The van der Waals surface area contributed by atoms with E-state index in [0.717, 1.165) is 11.7 Å². The Labute approximate surface area is 200 Å². The lowest BCUT2D eigenvalue weighted by atomic mass is 10.2. The van der Waals surface area contributed by atoms with Crippen molar-refractivity contribution in [1.82, 2.24) is 19.8 Å².